The van der Waals surface area contributed by atoms with E-state index < -0.39 is 9.84 Å². The first-order valence-corrected chi connectivity index (χ1v) is 11.3. The smallest absolute Gasteiger partial charge is 0.152 e. The molecular formula is C18H37NO2S. The topological polar surface area (TPSA) is 37.4 Å². The first-order chi connectivity index (χ1) is 10.6. The Morgan fingerprint density at radius 3 is 1.91 bits per heavy atom. The molecule has 4 heteroatoms. The molecule has 0 saturated carbocycles. The molecule has 132 valence electrons. The largest absolute Gasteiger partial charge is 0.301 e. The van der Waals surface area contributed by atoms with E-state index in [1.165, 1.54) is 64.2 Å². The Bertz CT molecular complexity index is 353. The van der Waals surface area contributed by atoms with E-state index >= 15 is 0 Å². The molecule has 1 fully saturated rings. The van der Waals surface area contributed by atoms with Crippen LogP contribution >= 0.6 is 0 Å². The molecule has 1 saturated heterocycles. The molecule has 0 aromatic rings. The highest BCUT2D eigenvalue weighted by Gasteiger charge is 2.23. The van der Waals surface area contributed by atoms with Gasteiger partial charge in [0.1, 0.15) is 0 Å². The lowest BCUT2D eigenvalue weighted by molar-refractivity contribution is 0.226. The van der Waals surface area contributed by atoms with E-state index in [1.807, 2.05) is 0 Å². The molecule has 0 radical (unpaired) electrons. The fourth-order valence-corrected chi connectivity index (χ4v) is 4.62. The Hall–Kier alpha value is -0.0900. The van der Waals surface area contributed by atoms with Crippen LogP contribution in [0.15, 0.2) is 0 Å². The lowest BCUT2D eigenvalue weighted by Crippen LogP contribution is -2.42. The molecule has 0 aliphatic carbocycles. The van der Waals surface area contributed by atoms with Gasteiger partial charge in [-0.25, -0.2) is 8.42 Å². The average Bonchev–Trinajstić information content (AvgIpc) is 2.49. The van der Waals surface area contributed by atoms with Gasteiger partial charge in [0.25, 0.3) is 0 Å². The summed E-state index contributed by atoms with van der Waals surface area (Å²) in [5, 5.41) is 0. The van der Waals surface area contributed by atoms with Gasteiger partial charge in [-0.2, -0.15) is 0 Å². The van der Waals surface area contributed by atoms with E-state index in [0.29, 0.717) is 11.5 Å². The van der Waals surface area contributed by atoms with Crippen molar-refractivity contribution in [3.8, 4) is 0 Å². The van der Waals surface area contributed by atoms with Crippen LogP contribution < -0.4 is 0 Å². The minimum absolute atomic E-state index is 0.366. The summed E-state index contributed by atoms with van der Waals surface area (Å²) in [5.74, 6) is 1.50. The summed E-state index contributed by atoms with van der Waals surface area (Å²) in [6.45, 7) is 7.14. The molecule has 1 rings (SSSR count). The molecule has 22 heavy (non-hydrogen) atoms. The van der Waals surface area contributed by atoms with Crippen molar-refractivity contribution in [2.45, 2.75) is 78.1 Å². The third kappa shape index (κ3) is 9.14. The molecule has 0 N–H and O–H groups in total. The highest BCUT2D eigenvalue weighted by molar-refractivity contribution is 7.91. The van der Waals surface area contributed by atoms with Crippen LogP contribution in [0.1, 0.15) is 78.1 Å². The molecule has 1 aliphatic heterocycles. The van der Waals surface area contributed by atoms with Crippen LogP contribution in [0.4, 0.5) is 0 Å². The number of unbranched alkanes of at least 4 members (excludes halogenated alkanes) is 6. The summed E-state index contributed by atoms with van der Waals surface area (Å²) >= 11 is 0. The second-order valence-electron chi connectivity index (χ2n) is 7.02. The fourth-order valence-electron chi connectivity index (χ4n) is 3.34. The van der Waals surface area contributed by atoms with Crippen molar-refractivity contribution in [2.75, 3.05) is 31.1 Å². The molecule has 1 aliphatic rings. The normalized spacial score (nSPS) is 20.1. The predicted octanol–water partition coefficient (Wildman–Crippen LogP) is 4.27. The lowest BCUT2D eigenvalue weighted by Gasteiger charge is -2.30. The second-order valence-corrected chi connectivity index (χ2v) is 9.32. The van der Waals surface area contributed by atoms with E-state index in [4.69, 9.17) is 0 Å². The predicted molar refractivity (Wildman–Crippen MR) is 96.1 cm³/mol. The van der Waals surface area contributed by atoms with Crippen molar-refractivity contribution >= 4 is 9.84 Å². The summed E-state index contributed by atoms with van der Waals surface area (Å²) in [4.78, 5) is 2.39. The fraction of sp³-hybridized carbons (Fsp3) is 1.00. The van der Waals surface area contributed by atoms with Crippen molar-refractivity contribution < 1.29 is 8.42 Å². The molecule has 0 spiro atoms. The Labute approximate surface area is 138 Å². The maximum absolute atomic E-state index is 11.5. The van der Waals surface area contributed by atoms with E-state index in [1.54, 1.807) is 0 Å². The van der Waals surface area contributed by atoms with Gasteiger partial charge in [0.05, 0.1) is 11.5 Å². The van der Waals surface area contributed by atoms with Gasteiger partial charge in [0.15, 0.2) is 9.84 Å². The van der Waals surface area contributed by atoms with Gasteiger partial charge in [-0.15, -0.1) is 0 Å². The summed E-state index contributed by atoms with van der Waals surface area (Å²) < 4.78 is 23.1. The maximum atomic E-state index is 11.5. The molecule has 3 nitrogen and oxygen atoms in total. The van der Waals surface area contributed by atoms with Crippen LogP contribution in [0.5, 0.6) is 0 Å². The summed E-state index contributed by atoms with van der Waals surface area (Å²) in [6.07, 6.45) is 13.4. The molecule has 0 amide bonds. The molecule has 0 aromatic heterocycles. The van der Waals surface area contributed by atoms with Gasteiger partial charge in [0, 0.05) is 19.6 Å². The van der Waals surface area contributed by atoms with E-state index in [2.05, 4.69) is 18.7 Å². The van der Waals surface area contributed by atoms with Gasteiger partial charge in [0.2, 0.25) is 0 Å². The zero-order valence-electron chi connectivity index (χ0n) is 14.9. The quantitative estimate of drug-likeness (QED) is 0.501. The second kappa shape index (κ2) is 11.4. The van der Waals surface area contributed by atoms with E-state index in [0.717, 1.165) is 25.6 Å². The summed E-state index contributed by atoms with van der Waals surface area (Å²) in [6, 6.07) is 0. The monoisotopic (exact) mass is 331 g/mol. The van der Waals surface area contributed by atoms with Gasteiger partial charge in [-0.3, -0.25) is 0 Å². The average molecular weight is 332 g/mol. The number of sulfone groups is 1. The molecule has 0 aromatic carbocycles. The van der Waals surface area contributed by atoms with Crippen LogP contribution in [0.3, 0.4) is 0 Å². The number of hydrogen-bond donors (Lipinski definition) is 0. The first kappa shape index (κ1) is 20.0. The minimum atomic E-state index is -2.74. The van der Waals surface area contributed by atoms with Crippen LogP contribution in [-0.4, -0.2) is 44.5 Å². The van der Waals surface area contributed by atoms with Gasteiger partial charge in [-0.1, -0.05) is 65.2 Å². The van der Waals surface area contributed by atoms with E-state index in [9.17, 15) is 8.42 Å². The zero-order valence-corrected chi connectivity index (χ0v) is 15.7. The Morgan fingerprint density at radius 2 is 1.32 bits per heavy atom. The van der Waals surface area contributed by atoms with Crippen molar-refractivity contribution in [1.82, 2.24) is 4.90 Å². The highest BCUT2D eigenvalue weighted by atomic mass is 32.2. The van der Waals surface area contributed by atoms with Crippen molar-refractivity contribution in [3.05, 3.63) is 0 Å². The zero-order chi connectivity index (χ0) is 16.3. The van der Waals surface area contributed by atoms with Crippen molar-refractivity contribution in [2.24, 2.45) is 5.92 Å². The molecule has 1 unspecified atom stereocenters. The molecule has 1 atom stereocenters. The van der Waals surface area contributed by atoms with Gasteiger partial charge in [-0.05, 0) is 18.8 Å². The summed E-state index contributed by atoms with van der Waals surface area (Å²) in [5.41, 5.74) is 0. The molecule has 0 bridgehead atoms. The highest BCUT2D eigenvalue weighted by Crippen LogP contribution is 2.20. The molecular weight excluding hydrogens is 294 g/mol. The van der Waals surface area contributed by atoms with Gasteiger partial charge >= 0.3 is 0 Å². The SMILES string of the molecule is CCCCCCCC(CCCCC)CN1CCS(=O)(=O)CC1. The Morgan fingerprint density at radius 1 is 0.818 bits per heavy atom. The minimum Gasteiger partial charge on any atom is -0.301 e. The lowest BCUT2D eigenvalue weighted by atomic mass is 9.94. The third-order valence-corrected chi connectivity index (χ3v) is 6.49. The maximum Gasteiger partial charge on any atom is 0.152 e. The van der Waals surface area contributed by atoms with Crippen LogP contribution in [-0.2, 0) is 9.84 Å². The number of nitrogens with zero attached hydrogens (tertiary/aromatic N) is 1. The van der Waals surface area contributed by atoms with Crippen LogP contribution in [0.2, 0.25) is 0 Å². The number of rotatable bonds is 12. The van der Waals surface area contributed by atoms with Crippen LogP contribution in [0.25, 0.3) is 0 Å². The van der Waals surface area contributed by atoms with E-state index in [-0.39, 0.29) is 0 Å². The summed E-state index contributed by atoms with van der Waals surface area (Å²) in [7, 11) is -2.74. The third-order valence-electron chi connectivity index (χ3n) is 4.89. The first-order valence-electron chi connectivity index (χ1n) is 9.50. The Kier molecular flexibility index (Phi) is 10.4. The van der Waals surface area contributed by atoms with Crippen molar-refractivity contribution in [3.63, 3.8) is 0 Å². The number of hydrogen-bond acceptors (Lipinski definition) is 3. The van der Waals surface area contributed by atoms with Crippen molar-refractivity contribution in [1.29, 1.82) is 0 Å². The standard InChI is InChI=1S/C18H37NO2S/c1-3-5-7-8-10-12-18(11-9-6-4-2)17-19-13-15-22(20,21)16-14-19/h18H,3-17H2,1-2H3. The molecule has 1 heterocycles. The Balaban J connectivity index is 2.30. The van der Waals surface area contributed by atoms with Gasteiger partial charge < -0.3 is 4.90 Å². The van der Waals surface area contributed by atoms with Crippen LogP contribution in [0, 0.1) is 5.92 Å².